The Balaban J connectivity index is 1.53. The average Bonchev–Trinajstić information content (AvgIpc) is 2.99. The molecule has 0 aromatic carbocycles. The molecule has 4 aliphatic rings. The van der Waals surface area contributed by atoms with E-state index in [1.807, 2.05) is 6.08 Å². The van der Waals surface area contributed by atoms with Crippen molar-refractivity contribution in [2.45, 2.75) is 86.0 Å². The zero-order valence-corrected chi connectivity index (χ0v) is 18.9. The third kappa shape index (κ3) is 3.25. The molecule has 0 spiro atoms. The Morgan fingerprint density at radius 2 is 1.86 bits per heavy atom. The Hall–Kier alpha value is -0.850. The van der Waals surface area contributed by atoms with Gasteiger partial charge in [0.1, 0.15) is 0 Å². The molecule has 1 nitrogen and oxygen atoms in total. The molecule has 0 bridgehead atoms. The van der Waals surface area contributed by atoms with Gasteiger partial charge >= 0.3 is 0 Å². The summed E-state index contributed by atoms with van der Waals surface area (Å²) in [6, 6.07) is 0. The number of allylic oxidation sites excluding steroid dienone is 4. The highest BCUT2D eigenvalue weighted by molar-refractivity contribution is 5.91. The van der Waals surface area contributed by atoms with Crippen LogP contribution in [0.2, 0.25) is 0 Å². The Bertz CT molecular complexity index is 657. The van der Waals surface area contributed by atoms with Gasteiger partial charge in [-0.2, -0.15) is 0 Å². The van der Waals surface area contributed by atoms with Crippen LogP contribution in [0.3, 0.4) is 0 Å². The minimum Gasteiger partial charge on any atom is -0.295 e. The van der Waals surface area contributed by atoms with E-state index < -0.39 is 0 Å². The molecule has 0 heterocycles. The molecule has 0 N–H and O–H groups in total. The van der Waals surface area contributed by atoms with E-state index in [-0.39, 0.29) is 5.41 Å². The Morgan fingerprint density at radius 1 is 1.07 bits per heavy atom. The van der Waals surface area contributed by atoms with E-state index in [0.29, 0.717) is 23.0 Å². The number of hydrogen-bond acceptors (Lipinski definition) is 1. The standard InChI is InChI=1S/C27H42O/c1-18(2)7-6-8-19(3)23-11-12-24-22-10-9-20-17-21(28)13-15-26(20,4)25(22)14-16-27(23,24)5/h6,8,13,15,18-20,22-25H,7,9-12,14,16-17H2,1-5H3/b8-6+/t19-,20+,22-,23+,24-,25-,26+,27+/m0/s1. The summed E-state index contributed by atoms with van der Waals surface area (Å²) in [5, 5.41) is 0. The highest BCUT2D eigenvalue weighted by atomic mass is 16.1. The molecular formula is C27H42O. The maximum absolute atomic E-state index is 12.0. The third-order valence-corrected chi connectivity index (χ3v) is 9.80. The van der Waals surface area contributed by atoms with Crippen LogP contribution in [0.4, 0.5) is 0 Å². The second-order valence-corrected chi connectivity index (χ2v) is 11.7. The van der Waals surface area contributed by atoms with Crippen molar-refractivity contribution < 1.29 is 4.79 Å². The van der Waals surface area contributed by atoms with Gasteiger partial charge < -0.3 is 0 Å². The van der Waals surface area contributed by atoms with Gasteiger partial charge in [-0.1, -0.05) is 52.8 Å². The van der Waals surface area contributed by atoms with E-state index in [1.165, 1.54) is 44.9 Å². The highest BCUT2D eigenvalue weighted by Gasteiger charge is 2.59. The minimum absolute atomic E-state index is 0.277. The minimum atomic E-state index is 0.277. The smallest absolute Gasteiger partial charge is 0.155 e. The molecule has 0 aromatic heterocycles. The molecule has 0 unspecified atom stereocenters. The number of rotatable bonds is 4. The van der Waals surface area contributed by atoms with Crippen molar-refractivity contribution >= 4 is 5.78 Å². The van der Waals surface area contributed by atoms with Crippen LogP contribution in [-0.4, -0.2) is 5.78 Å². The molecule has 4 rings (SSSR count). The molecule has 1 heteroatoms. The maximum Gasteiger partial charge on any atom is 0.155 e. The molecule has 3 fully saturated rings. The first-order valence-electron chi connectivity index (χ1n) is 12.1. The average molecular weight is 383 g/mol. The van der Waals surface area contributed by atoms with Gasteiger partial charge in [0.05, 0.1) is 0 Å². The van der Waals surface area contributed by atoms with E-state index >= 15 is 0 Å². The van der Waals surface area contributed by atoms with Gasteiger partial charge in [0.2, 0.25) is 0 Å². The van der Waals surface area contributed by atoms with Crippen molar-refractivity contribution in [1.29, 1.82) is 0 Å². The van der Waals surface area contributed by atoms with Crippen LogP contribution in [0.5, 0.6) is 0 Å². The number of fused-ring (bicyclic) bond motifs is 5. The van der Waals surface area contributed by atoms with Gasteiger partial charge in [-0.25, -0.2) is 0 Å². The van der Waals surface area contributed by atoms with Crippen molar-refractivity contribution in [1.82, 2.24) is 0 Å². The lowest BCUT2D eigenvalue weighted by Crippen LogP contribution is -2.52. The lowest BCUT2D eigenvalue weighted by Gasteiger charge is -2.59. The van der Waals surface area contributed by atoms with Crippen LogP contribution in [0.25, 0.3) is 0 Å². The molecule has 0 radical (unpaired) electrons. The van der Waals surface area contributed by atoms with Gasteiger partial charge in [0.25, 0.3) is 0 Å². The molecule has 0 aromatic rings. The topological polar surface area (TPSA) is 17.1 Å². The Labute approximate surface area is 173 Å². The highest BCUT2D eigenvalue weighted by Crippen LogP contribution is 2.67. The predicted molar refractivity (Wildman–Crippen MR) is 118 cm³/mol. The summed E-state index contributed by atoms with van der Waals surface area (Å²) < 4.78 is 0. The summed E-state index contributed by atoms with van der Waals surface area (Å²) in [4.78, 5) is 12.0. The van der Waals surface area contributed by atoms with Crippen LogP contribution in [0.1, 0.15) is 86.0 Å². The molecule has 0 saturated heterocycles. The van der Waals surface area contributed by atoms with Crippen molar-refractivity contribution in [2.24, 2.45) is 52.3 Å². The largest absolute Gasteiger partial charge is 0.295 e. The summed E-state index contributed by atoms with van der Waals surface area (Å²) in [5.41, 5.74) is 0.805. The normalized spacial score (nSPS) is 46.5. The lowest BCUT2D eigenvalue weighted by molar-refractivity contribution is -0.122. The quantitative estimate of drug-likeness (QED) is 0.469. The van der Waals surface area contributed by atoms with Crippen LogP contribution in [-0.2, 0) is 4.79 Å². The first-order valence-corrected chi connectivity index (χ1v) is 12.1. The molecule has 0 amide bonds. The fraction of sp³-hybridized carbons (Fsp3) is 0.815. The zero-order chi connectivity index (χ0) is 20.1. The summed E-state index contributed by atoms with van der Waals surface area (Å²) in [6.07, 6.45) is 19.6. The first kappa shape index (κ1) is 20.4. The van der Waals surface area contributed by atoms with E-state index in [0.717, 1.165) is 36.0 Å². The van der Waals surface area contributed by atoms with Gasteiger partial charge in [-0.3, -0.25) is 4.79 Å². The van der Waals surface area contributed by atoms with E-state index in [1.54, 1.807) is 0 Å². The lowest BCUT2D eigenvalue weighted by atomic mass is 9.45. The van der Waals surface area contributed by atoms with Crippen LogP contribution in [0, 0.1) is 52.3 Å². The molecule has 156 valence electrons. The Kier molecular flexibility index (Phi) is 5.43. The SMILES string of the molecule is CC(C)C/C=C/[C@H](C)[C@H]1CC[C@H]2[C@@H]3CC[C@@H]4CC(=O)C=C[C@@]4(C)[C@H]3CC[C@]12C. The molecule has 4 aliphatic carbocycles. The molecule has 0 aliphatic heterocycles. The maximum atomic E-state index is 12.0. The van der Waals surface area contributed by atoms with Crippen molar-refractivity contribution in [3.8, 4) is 0 Å². The van der Waals surface area contributed by atoms with E-state index in [2.05, 4.69) is 52.8 Å². The second-order valence-electron chi connectivity index (χ2n) is 11.7. The second kappa shape index (κ2) is 7.44. The molecule has 8 atom stereocenters. The van der Waals surface area contributed by atoms with Crippen molar-refractivity contribution in [3.05, 3.63) is 24.3 Å². The van der Waals surface area contributed by atoms with Crippen LogP contribution in [0.15, 0.2) is 24.3 Å². The summed E-state index contributed by atoms with van der Waals surface area (Å²) in [5.74, 6) is 5.89. The number of ketones is 1. The molecular weight excluding hydrogens is 340 g/mol. The fourth-order valence-electron chi connectivity index (χ4n) is 8.24. The molecule has 3 saturated carbocycles. The van der Waals surface area contributed by atoms with Gasteiger partial charge in [-0.15, -0.1) is 0 Å². The number of carbonyl (C=O) groups excluding carboxylic acids is 1. The van der Waals surface area contributed by atoms with Crippen molar-refractivity contribution in [2.75, 3.05) is 0 Å². The van der Waals surface area contributed by atoms with E-state index in [4.69, 9.17) is 0 Å². The van der Waals surface area contributed by atoms with Crippen LogP contribution < -0.4 is 0 Å². The van der Waals surface area contributed by atoms with Gasteiger partial charge in [0.15, 0.2) is 5.78 Å². The summed E-state index contributed by atoms with van der Waals surface area (Å²) in [7, 11) is 0. The Morgan fingerprint density at radius 3 is 2.61 bits per heavy atom. The van der Waals surface area contributed by atoms with Gasteiger partial charge in [0, 0.05) is 6.42 Å². The van der Waals surface area contributed by atoms with E-state index in [9.17, 15) is 4.79 Å². The fourth-order valence-corrected chi connectivity index (χ4v) is 8.24. The van der Waals surface area contributed by atoms with Gasteiger partial charge in [-0.05, 0) is 103 Å². The summed E-state index contributed by atoms with van der Waals surface area (Å²) in [6.45, 7) is 12.2. The number of hydrogen-bond donors (Lipinski definition) is 0. The van der Waals surface area contributed by atoms with Crippen molar-refractivity contribution in [3.63, 3.8) is 0 Å². The first-order chi connectivity index (χ1) is 13.3. The zero-order valence-electron chi connectivity index (χ0n) is 18.9. The third-order valence-electron chi connectivity index (χ3n) is 9.80. The summed E-state index contributed by atoms with van der Waals surface area (Å²) >= 11 is 0. The predicted octanol–water partition coefficient (Wildman–Crippen LogP) is 7.23. The number of carbonyl (C=O) groups is 1. The van der Waals surface area contributed by atoms with Crippen LogP contribution >= 0.6 is 0 Å². The monoisotopic (exact) mass is 382 g/mol. The molecule has 28 heavy (non-hydrogen) atoms.